The van der Waals surface area contributed by atoms with E-state index in [1.54, 1.807) is 23.9 Å². The van der Waals surface area contributed by atoms with Crippen LogP contribution < -0.4 is 11.1 Å². The number of nitrogens with one attached hydrogen (secondary N) is 1. The predicted octanol–water partition coefficient (Wildman–Crippen LogP) is 4.71. The summed E-state index contributed by atoms with van der Waals surface area (Å²) in [5.74, 6) is -0.111. The average Bonchev–Trinajstić information content (AvgIpc) is 2.48. The number of benzene rings is 2. The standard InChI is InChI=1S/C18H22N2OS.ClH/c1-18(2,3)22-16-10-8-15(9-11-16)20-17(21)14-6-4-13(12-19)5-7-14;/h4-11H,12,19H2,1-3H3,(H,20,21);1H. The van der Waals surface area contributed by atoms with Crippen molar-refractivity contribution >= 4 is 35.8 Å². The smallest absolute Gasteiger partial charge is 0.255 e. The van der Waals surface area contributed by atoms with E-state index in [-0.39, 0.29) is 23.1 Å². The first-order valence-corrected chi connectivity index (χ1v) is 8.08. The molecule has 0 aliphatic carbocycles. The third-order valence-corrected chi connectivity index (χ3v) is 4.11. The quantitative estimate of drug-likeness (QED) is 0.785. The molecule has 0 spiro atoms. The summed E-state index contributed by atoms with van der Waals surface area (Å²) in [7, 11) is 0. The number of hydrogen-bond acceptors (Lipinski definition) is 3. The molecule has 0 aliphatic heterocycles. The van der Waals surface area contributed by atoms with E-state index in [0.29, 0.717) is 12.1 Å². The van der Waals surface area contributed by atoms with Crippen LogP contribution in [-0.4, -0.2) is 10.7 Å². The van der Waals surface area contributed by atoms with E-state index < -0.39 is 0 Å². The number of amides is 1. The van der Waals surface area contributed by atoms with Gasteiger partial charge in [0.25, 0.3) is 5.91 Å². The molecule has 2 aromatic carbocycles. The number of carbonyl (C=O) groups excluding carboxylic acids is 1. The summed E-state index contributed by atoms with van der Waals surface area (Å²) in [6.45, 7) is 7.02. The summed E-state index contributed by atoms with van der Waals surface area (Å²) in [4.78, 5) is 13.4. The number of rotatable bonds is 4. The molecule has 0 radical (unpaired) electrons. The van der Waals surface area contributed by atoms with Crippen LogP contribution in [0.4, 0.5) is 5.69 Å². The fraction of sp³-hybridized carbons (Fsp3) is 0.278. The zero-order valence-electron chi connectivity index (χ0n) is 13.6. The van der Waals surface area contributed by atoms with Crippen LogP contribution in [0.5, 0.6) is 0 Å². The number of nitrogens with two attached hydrogens (primary N) is 1. The van der Waals surface area contributed by atoms with Crippen molar-refractivity contribution in [3.63, 3.8) is 0 Å². The molecule has 0 fully saturated rings. The van der Waals surface area contributed by atoms with Gasteiger partial charge in [0.05, 0.1) is 0 Å². The molecule has 3 N–H and O–H groups in total. The number of carbonyl (C=O) groups is 1. The largest absolute Gasteiger partial charge is 0.326 e. The van der Waals surface area contributed by atoms with Crippen LogP contribution >= 0.6 is 24.2 Å². The summed E-state index contributed by atoms with van der Waals surface area (Å²) < 4.78 is 0.176. The Labute approximate surface area is 148 Å². The Bertz CT molecular complexity index is 634. The molecular formula is C18H23ClN2OS. The van der Waals surface area contributed by atoms with Crippen molar-refractivity contribution in [1.82, 2.24) is 0 Å². The highest BCUT2D eigenvalue weighted by Crippen LogP contribution is 2.32. The first-order chi connectivity index (χ1) is 10.4. The Kier molecular flexibility index (Phi) is 7.13. The Hall–Kier alpha value is -1.49. The molecule has 2 rings (SSSR count). The van der Waals surface area contributed by atoms with E-state index in [2.05, 4.69) is 26.1 Å². The fourth-order valence-electron chi connectivity index (χ4n) is 1.96. The van der Waals surface area contributed by atoms with Crippen LogP contribution in [0.25, 0.3) is 0 Å². The first-order valence-electron chi connectivity index (χ1n) is 7.27. The van der Waals surface area contributed by atoms with E-state index in [4.69, 9.17) is 5.73 Å². The van der Waals surface area contributed by atoms with E-state index in [1.165, 1.54) is 4.90 Å². The van der Waals surface area contributed by atoms with Crippen LogP contribution in [0.3, 0.4) is 0 Å². The lowest BCUT2D eigenvalue weighted by atomic mass is 10.1. The Balaban J connectivity index is 0.00000264. The van der Waals surface area contributed by atoms with Gasteiger partial charge in [-0.3, -0.25) is 4.79 Å². The lowest BCUT2D eigenvalue weighted by molar-refractivity contribution is 0.102. The molecular weight excluding hydrogens is 328 g/mol. The van der Waals surface area contributed by atoms with Gasteiger partial charge < -0.3 is 11.1 Å². The molecule has 0 aliphatic rings. The number of thioether (sulfide) groups is 1. The molecule has 0 atom stereocenters. The van der Waals surface area contributed by atoms with Gasteiger partial charge in [0, 0.05) is 27.4 Å². The molecule has 5 heteroatoms. The van der Waals surface area contributed by atoms with Crippen molar-refractivity contribution in [3.8, 4) is 0 Å². The van der Waals surface area contributed by atoms with Gasteiger partial charge in [-0.2, -0.15) is 0 Å². The summed E-state index contributed by atoms with van der Waals surface area (Å²) >= 11 is 1.80. The summed E-state index contributed by atoms with van der Waals surface area (Å²) in [5.41, 5.74) is 8.00. The van der Waals surface area contributed by atoms with E-state index in [9.17, 15) is 4.79 Å². The topological polar surface area (TPSA) is 55.1 Å². The fourth-order valence-corrected chi connectivity index (χ4v) is 2.93. The van der Waals surface area contributed by atoms with Crippen molar-refractivity contribution < 1.29 is 4.79 Å². The van der Waals surface area contributed by atoms with Crippen LogP contribution in [0, 0.1) is 0 Å². The zero-order chi connectivity index (χ0) is 16.2. The SMILES string of the molecule is CC(C)(C)Sc1ccc(NC(=O)c2ccc(CN)cc2)cc1.Cl. The van der Waals surface area contributed by atoms with Gasteiger partial charge in [0.15, 0.2) is 0 Å². The van der Waals surface area contributed by atoms with Crippen LogP contribution in [0.15, 0.2) is 53.4 Å². The third-order valence-electron chi connectivity index (χ3n) is 2.99. The molecule has 1 amide bonds. The van der Waals surface area contributed by atoms with Crippen molar-refractivity contribution in [2.75, 3.05) is 5.32 Å². The molecule has 0 unspecified atom stereocenters. The minimum absolute atomic E-state index is 0. The normalized spacial score (nSPS) is 10.8. The van der Waals surface area contributed by atoms with E-state index in [1.807, 2.05) is 36.4 Å². The van der Waals surface area contributed by atoms with Gasteiger partial charge in [0.2, 0.25) is 0 Å². The van der Waals surface area contributed by atoms with E-state index >= 15 is 0 Å². The molecule has 23 heavy (non-hydrogen) atoms. The number of hydrogen-bond donors (Lipinski definition) is 2. The van der Waals surface area contributed by atoms with Crippen LogP contribution in [0.1, 0.15) is 36.7 Å². The maximum Gasteiger partial charge on any atom is 0.255 e. The van der Waals surface area contributed by atoms with Crippen LogP contribution in [0.2, 0.25) is 0 Å². The molecule has 2 aromatic rings. The minimum atomic E-state index is -0.111. The van der Waals surface area contributed by atoms with Gasteiger partial charge in [-0.05, 0) is 42.0 Å². The highest BCUT2D eigenvalue weighted by Gasteiger charge is 2.12. The van der Waals surface area contributed by atoms with Crippen molar-refractivity contribution in [2.24, 2.45) is 5.73 Å². The molecule has 3 nitrogen and oxygen atoms in total. The predicted molar refractivity (Wildman–Crippen MR) is 102 cm³/mol. The lowest BCUT2D eigenvalue weighted by Crippen LogP contribution is -2.12. The molecule has 0 saturated carbocycles. The molecule has 0 saturated heterocycles. The maximum absolute atomic E-state index is 12.2. The Morgan fingerprint density at radius 1 is 1.04 bits per heavy atom. The second kappa shape index (κ2) is 8.39. The van der Waals surface area contributed by atoms with Crippen molar-refractivity contribution in [3.05, 3.63) is 59.7 Å². The maximum atomic E-state index is 12.2. The second-order valence-electron chi connectivity index (χ2n) is 6.09. The number of anilines is 1. The van der Waals surface area contributed by atoms with Gasteiger partial charge in [-0.1, -0.05) is 32.9 Å². The summed E-state index contributed by atoms with van der Waals surface area (Å²) in [6.07, 6.45) is 0. The van der Waals surface area contributed by atoms with Gasteiger partial charge in [0.1, 0.15) is 0 Å². The molecule has 0 heterocycles. The van der Waals surface area contributed by atoms with Gasteiger partial charge >= 0.3 is 0 Å². The average molecular weight is 351 g/mol. The number of halogens is 1. The summed E-state index contributed by atoms with van der Waals surface area (Å²) in [6, 6.07) is 15.3. The van der Waals surface area contributed by atoms with Crippen LogP contribution in [-0.2, 0) is 6.54 Å². The Morgan fingerprint density at radius 2 is 1.61 bits per heavy atom. The molecule has 0 bridgehead atoms. The minimum Gasteiger partial charge on any atom is -0.326 e. The Morgan fingerprint density at radius 3 is 2.09 bits per heavy atom. The molecule has 124 valence electrons. The summed E-state index contributed by atoms with van der Waals surface area (Å²) in [5, 5.41) is 2.91. The van der Waals surface area contributed by atoms with Gasteiger partial charge in [-0.25, -0.2) is 0 Å². The molecule has 0 aromatic heterocycles. The first kappa shape index (κ1) is 19.6. The van der Waals surface area contributed by atoms with E-state index in [0.717, 1.165) is 11.3 Å². The highest BCUT2D eigenvalue weighted by atomic mass is 35.5. The highest BCUT2D eigenvalue weighted by molar-refractivity contribution is 8.00. The van der Waals surface area contributed by atoms with Crippen molar-refractivity contribution in [2.45, 2.75) is 37.0 Å². The second-order valence-corrected chi connectivity index (χ2v) is 7.99. The zero-order valence-corrected chi connectivity index (χ0v) is 15.3. The van der Waals surface area contributed by atoms with Gasteiger partial charge in [-0.15, -0.1) is 24.2 Å². The third kappa shape index (κ3) is 6.26. The monoisotopic (exact) mass is 350 g/mol. The van der Waals surface area contributed by atoms with Crippen molar-refractivity contribution in [1.29, 1.82) is 0 Å². The lowest BCUT2D eigenvalue weighted by Gasteiger charge is -2.17.